The van der Waals surface area contributed by atoms with Gasteiger partial charge in [0.25, 0.3) is 0 Å². The molecule has 1 aromatic carbocycles. The van der Waals surface area contributed by atoms with Crippen LogP contribution in [0.15, 0.2) is 29.2 Å². The molecule has 0 aromatic heterocycles. The first kappa shape index (κ1) is 20.9. The molecule has 22 heavy (non-hydrogen) atoms. The van der Waals surface area contributed by atoms with Crippen LogP contribution >= 0.6 is 12.4 Å². The quantitative estimate of drug-likeness (QED) is 0.785. The van der Waals surface area contributed by atoms with Crippen molar-refractivity contribution in [2.24, 2.45) is 0 Å². The standard InChI is InChI=1S/C14H23N3O3S.ClH/c1-5-9-15-11(2)14(18)16-12-7-6-8-13(10-12)21(19,20)17(3)4;/h6-8,10-11,15H,5,9H2,1-4H3,(H,16,18);1H. The van der Waals surface area contributed by atoms with E-state index in [1.165, 1.54) is 26.2 Å². The lowest BCUT2D eigenvalue weighted by Crippen LogP contribution is -2.38. The van der Waals surface area contributed by atoms with Gasteiger partial charge in [-0.15, -0.1) is 12.4 Å². The van der Waals surface area contributed by atoms with Gasteiger partial charge >= 0.3 is 0 Å². The van der Waals surface area contributed by atoms with E-state index in [1.807, 2.05) is 6.92 Å². The van der Waals surface area contributed by atoms with Crippen molar-refractivity contribution >= 4 is 34.0 Å². The molecule has 2 N–H and O–H groups in total. The van der Waals surface area contributed by atoms with Crippen molar-refractivity contribution in [2.75, 3.05) is 26.0 Å². The van der Waals surface area contributed by atoms with E-state index in [0.29, 0.717) is 5.69 Å². The summed E-state index contributed by atoms with van der Waals surface area (Å²) in [5.41, 5.74) is 0.466. The number of benzene rings is 1. The van der Waals surface area contributed by atoms with Gasteiger partial charge in [-0.1, -0.05) is 13.0 Å². The maximum atomic E-state index is 12.0. The molecule has 1 aromatic rings. The molecule has 126 valence electrons. The van der Waals surface area contributed by atoms with Crippen LogP contribution in [0.1, 0.15) is 20.3 Å². The minimum Gasteiger partial charge on any atom is -0.325 e. The molecule has 0 aliphatic heterocycles. The fraction of sp³-hybridized carbons (Fsp3) is 0.500. The molecule has 1 atom stereocenters. The fourth-order valence-electron chi connectivity index (χ4n) is 1.65. The van der Waals surface area contributed by atoms with Crippen molar-refractivity contribution in [2.45, 2.75) is 31.2 Å². The summed E-state index contributed by atoms with van der Waals surface area (Å²) in [6, 6.07) is 5.90. The Morgan fingerprint density at radius 3 is 2.50 bits per heavy atom. The Kier molecular flexibility index (Phi) is 8.62. The lowest BCUT2D eigenvalue weighted by atomic mass is 10.2. The minimum absolute atomic E-state index is 0. The highest BCUT2D eigenvalue weighted by atomic mass is 35.5. The molecule has 0 spiro atoms. The molecule has 1 rings (SSSR count). The molecule has 0 fully saturated rings. The van der Waals surface area contributed by atoms with Crippen LogP contribution in [-0.4, -0.2) is 45.3 Å². The van der Waals surface area contributed by atoms with E-state index in [2.05, 4.69) is 10.6 Å². The molecule has 0 bridgehead atoms. The predicted molar refractivity (Wildman–Crippen MR) is 90.9 cm³/mol. The maximum absolute atomic E-state index is 12.0. The summed E-state index contributed by atoms with van der Waals surface area (Å²) in [6.07, 6.45) is 0.939. The van der Waals surface area contributed by atoms with Crippen LogP contribution in [0.5, 0.6) is 0 Å². The van der Waals surface area contributed by atoms with Gasteiger partial charge in [-0.05, 0) is 38.1 Å². The third-order valence-corrected chi connectivity index (χ3v) is 4.79. The normalized spacial score (nSPS) is 12.6. The van der Waals surface area contributed by atoms with Crippen molar-refractivity contribution in [3.05, 3.63) is 24.3 Å². The Hall–Kier alpha value is -1.15. The molecule has 1 amide bonds. The number of nitrogens with one attached hydrogen (secondary N) is 2. The second-order valence-corrected chi connectivity index (χ2v) is 7.13. The van der Waals surface area contributed by atoms with Gasteiger partial charge in [-0.2, -0.15) is 0 Å². The summed E-state index contributed by atoms with van der Waals surface area (Å²) in [7, 11) is -0.564. The molecule has 1 unspecified atom stereocenters. The van der Waals surface area contributed by atoms with Gasteiger partial charge in [0, 0.05) is 19.8 Å². The highest BCUT2D eigenvalue weighted by Crippen LogP contribution is 2.18. The lowest BCUT2D eigenvalue weighted by molar-refractivity contribution is -0.117. The van der Waals surface area contributed by atoms with Gasteiger partial charge in [-0.25, -0.2) is 12.7 Å². The van der Waals surface area contributed by atoms with E-state index in [9.17, 15) is 13.2 Å². The van der Waals surface area contributed by atoms with Gasteiger partial charge < -0.3 is 10.6 Å². The molecule has 0 aliphatic rings. The number of anilines is 1. The minimum atomic E-state index is -3.50. The summed E-state index contributed by atoms with van der Waals surface area (Å²) in [5.74, 6) is -0.192. The van der Waals surface area contributed by atoms with E-state index in [4.69, 9.17) is 0 Å². The largest absolute Gasteiger partial charge is 0.325 e. The van der Waals surface area contributed by atoms with Crippen molar-refractivity contribution in [1.82, 2.24) is 9.62 Å². The van der Waals surface area contributed by atoms with Crippen molar-refractivity contribution < 1.29 is 13.2 Å². The Bertz CT molecular complexity index is 591. The summed E-state index contributed by atoms with van der Waals surface area (Å²) in [4.78, 5) is 12.1. The van der Waals surface area contributed by atoms with E-state index in [-0.39, 0.29) is 29.3 Å². The van der Waals surface area contributed by atoms with E-state index in [1.54, 1.807) is 19.1 Å². The van der Waals surface area contributed by atoms with E-state index >= 15 is 0 Å². The third-order valence-electron chi connectivity index (χ3n) is 2.97. The molecule has 0 heterocycles. The fourth-order valence-corrected chi connectivity index (χ4v) is 2.60. The molecular weight excluding hydrogens is 326 g/mol. The number of halogens is 1. The molecule has 0 saturated heterocycles. The highest BCUT2D eigenvalue weighted by Gasteiger charge is 2.18. The predicted octanol–water partition coefficient (Wildman–Crippen LogP) is 1.69. The Morgan fingerprint density at radius 1 is 1.32 bits per heavy atom. The number of rotatable bonds is 7. The topological polar surface area (TPSA) is 78.5 Å². The average molecular weight is 350 g/mol. The van der Waals surface area contributed by atoms with Crippen molar-refractivity contribution in [1.29, 1.82) is 0 Å². The summed E-state index contributed by atoms with van der Waals surface area (Å²) in [6.45, 7) is 4.54. The van der Waals surface area contributed by atoms with Crippen LogP contribution < -0.4 is 10.6 Å². The maximum Gasteiger partial charge on any atom is 0.242 e. The molecule has 0 aliphatic carbocycles. The zero-order chi connectivity index (χ0) is 16.0. The third kappa shape index (κ3) is 5.57. The number of hydrogen-bond donors (Lipinski definition) is 2. The van der Waals surface area contributed by atoms with Gasteiger partial charge in [-0.3, -0.25) is 4.79 Å². The van der Waals surface area contributed by atoms with Crippen LogP contribution in [-0.2, 0) is 14.8 Å². The number of hydrogen-bond acceptors (Lipinski definition) is 4. The summed E-state index contributed by atoms with van der Waals surface area (Å²) < 4.78 is 25.2. The Morgan fingerprint density at radius 2 is 1.95 bits per heavy atom. The van der Waals surface area contributed by atoms with Gasteiger partial charge in [0.2, 0.25) is 15.9 Å². The monoisotopic (exact) mass is 349 g/mol. The van der Waals surface area contributed by atoms with Crippen LogP contribution in [0.2, 0.25) is 0 Å². The van der Waals surface area contributed by atoms with Crippen molar-refractivity contribution in [3.8, 4) is 0 Å². The number of carbonyl (C=O) groups excluding carboxylic acids is 1. The zero-order valence-electron chi connectivity index (χ0n) is 13.3. The number of amides is 1. The van der Waals surface area contributed by atoms with Gasteiger partial charge in [0.05, 0.1) is 10.9 Å². The first-order valence-electron chi connectivity index (χ1n) is 6.86. The van der Waals surface area contributed by atoms with Gasteiger partial charge in [0.15, 0.2) is 0 Å². The number of sulfonamides is 1. The second kappa shape index (κ2) is 9.09. The Labute approximate surface area is 138 Å². The van der Waals surface area contributed by atoms with Crippen LogP contribution in [0.3, 0.4) is 0 Å². The average Bonchev–Trinajstić information content (AvgIpc) is 2.44. The second-order valence-electron chi connectivity index (χ2n) is 4.98. The lowest BCUT2D eigenvalue weighted by Gasteiger charge is -2.15. The molecule has 0 saturated carbocycles. The zero-order valence-corrected chi connectivity index (χ0v) is 14.9. The smallest absolute Gasteiger partial charge is 0.242 e. The summed E-state index contributed by atoms with van der Waals surface area (Å²) in [5, 5.41) is 5.79. The van der Waals surface area contributed by atoms with Crippen molar-refractivity contribution in [3.63, 3.8) is 0 Å². The molecular formula is C14H24ClN3O3S. The first-order valence-corrected chi connectivity index (χ1v) is 8.30. The molecule has 6 nitrogen and oxygen atoms in total. The Balaban J connectivity index is 0.00000441. The first-order chi connectivity index (χ1) is 9.78. The van der Waals surface area contributed by atoms with E-state index in [0.717, 1.165) is 17.3 Å². The van der Waals surface area contributed by atoms with Gasteiger partial charge in [0.1, 0.15) is 0 Å². The number of carbonyl (C=O) groups is 1. The van der Waals surface area contributed by atoms with E-state index < -0.39 is 10.0 Å². The van der Waals surface area contributed by atoms with Crippen LogP contribution in [0.4, 0.5) is 5.69 Å². The van der Waals surface area contributed by atoms with Crippen LogP contribution in [0.25, 0.3) is 0 Å². The number of nitrogens with zero attached hydrogens (tertiary/aromatic N) is 1. The molecule has 0 radical (unpaired) electrons. The molecule has 8 heteroatoms. The summed E-state index contributed by atoms with van der Waals surface area (Å²) >= 11 is 0. The van der Waals surface area contributed by atoms with Crippen LogP contribution in [0, 0.1) is 0 Å². The SMILES string of the molecule is CCCNC(C)C(=O)Nc1cccc(S(=O)(=O)N(C)C)c1.Cl. The highest BCUT2D eigenvalue weighted by molar-refractivity contribution is 7.89.